The third-order valence-electron chi connectivity index (χ3n) is 3.47. The van der Waals surface area contributed by atoms with Crippen LogP contribution in [-0.4, -0.2) is 13.7 Å². The fraction of sp³-hybridized carbons (Fsp3) is 0.500. The number of hydrogen-bond donors (Lipinski definition) is 1. The number of nitrogens with two attached hydrogens (primary N) is 1. The predicted molar refractivity (Wildman–Crippen MR) is 72.3 cm³/mol. The van der Waals surface area contributed by atoms with Crippen LogP contribution in [0.25, 0.3) is 0 Å². The first-order valence-corrected chi connectivity index (χ1v) is 8.03. The number of rotatable bonds is 4. The van der Waals surface area contributed by atoms with Crippen LogP contribution in [-0.2, 0) is 14.3 Å². The topological polar surface area (TPSA) is 60.2 Å². The molecule has 2 rings (SSSR count). The highest BCUT2D eigenvalue weighted by atomic mass is 79.9. The molecule has 0 bridgehead atoms. The molecule has 1 aliphatic carbocycles. The zero-order chi connectivity index (χ0) is 12.7. The van der Waals surface area contributed by atoms with E-state index in [2.05, 4.69) is 15.9 Å². The Kier molecular flexibility index (Phi) is 3.36. The summed E-state index contributed by atoms with van der Waals surface area (Å²) >= 11 is 3.66. The maximum absolute atomic E-state index is 11.6. The molecule has 0 radical (unpaired) electrons. The lowest BCUT2D eigenvalue weighted by atomic mass is 9.91. The van der Waals surface area contributed by atoms with E-state index >= 15 is 0 Å². The molecule has 17 heavy (non-hydrogen) atoms. The van der Waals surface area contributed by atoms with Crippen molar-refractivity contribution >= 4 is 26.0 Å². The van der Waals surface area contributed by atoms with Gasteiger partial charge in [0, 0.05) is 0 Å². The van der Waals surface area contributed by atoms with Crippen LogP contribution in [0.2, 0.25) is 0 Å². The molecule has 2 unspecified atom stereocenters. The second-order valence-corrected chi connectivity index (χ2v) is 7.84. The van der Waals surface area contributed by atoms with Crippen molar-refractivity contribution in [1.29, 1.82) is 0 Å². The standard InChI is InChI=1S/C12H16BrNO2S/c1-9(17(14,15)16)12(13,11-7-8-11)10-5-3-2-4-6-10/h2-6,9,11H,7-8H2,1H3,(H2,14,15,16). The number of primary sulfonamides is 1. The Morgan fingerprint density at radius 1 is 1.35 bits per heavy atom. The van der Waals surface area contributed by atoms with Crippen molar-refractivity contribution in [3.63, 3.8) is 0 Å². The first-order chi connectivity index (χ1) is 7.87. The van der Waals surface area contributed by atoms with Crippen molar-refractivity contribution in [2.45, 2.75) is 29.3 Å². The van der Waals surface area contributed by atoms with Gasteiger partial charge in [-0.3, -0.25) is 0 Å². The van der Waals surface area contributed by atoms with Crippen LogP contribution < -0.4 is 5.14 Å². The van der Waals surface area contributed by atoms with Gasteiger partial charge in [0.1, 0.15) is 0 Å². The molecular formula is C12H16BrNO2S. The summed E-state index contributed by atoms with van der Waals surface area (Å²) in [7, 11) is -3.56. The summed E-state index contributed by atoms with van der Waals surface area (Å²) in [6.07, 6.45) is 2.08. The number of sulfonamides is 1. The Morgan fingerprint density at radius 2 is 1.88 bits per heavy atom. The van der Waals surface area contributed by atoms with Crippen LogP contribution >= 0.6 is 15.9 Å². The quantitative estimate of drug-likeness (QED) is 0.867. The molecule has 1 saturated carbocycles. The number of benzene rings is 1. The van der Waals surface area contributed by atoms with Crippen molar-refractivity contribution in [2.24, 2.45) is 11.1 Å². The summed E-state index contributed by atoms with van der Waals surface area (Å²) in [5.41, 5.74) is 0.990. The van der Waals surface area contributed by atoms with Crippen LogP contribution in [0, 0.1) is 5.92 Å². The summed E-state index contributed by atoms with van der Waals surface area (Å²) < 4.78 is 22.7. The Labute approximate surface area is 111 Å². The van der Waals surface area contributed by atoms with Crippen molar-refractivity contribution in [3.05, 3.63) is 35.9 Å². The predicted octanol–water partition coefficient (Wildman–Crippen LogP) is 2.36. The van der Waals surface area contributed by atoms with Crippen molar-refractivity contribution in [3.8, 4) is 0 Å². The SMILES string of the molecule is CC(C(Br)(c1ccccc1)C1CC1)S(N)(=O)=O. The first-order valence-electron chi connectivity index (χ1n) is 5.63. The maximum atomic E-state index is 11.6. The molecule has 1 aliphatic rings. The van der Waals surface area contributed by atoms with Gasteiger partial charge < -0.3 is 0 Å². The van der Waals surface area contributed by atoms with E-state index in [9.17, 15) is 8.42 Å². The van der Waals surface area contributed by atoms with Gasteiger partial charge in [-0.25, -0.2) is 13.6 Å². The molecule has 0 saturated heterocycles. The van der Waals surface area contributed by atoms with Gasteiger partial charge in [0.05, 0.1) is 9.57 Å². The fourth-order valence-electron chi connectivity index (χ4n) is 2.24. The lowest BCUT2D eigenvalue weighted by Crippen LogP contribution is -2.42. The summed E-state index contributed by atoms with van der Waals surface area (Å²) in [5.74, 6) is 0.346. The zero-order valence-corrected chi connectivity index (χ0v) is 12.0. The molecule has 0 amide bonds. The molecule has 1 aromatic rings. The molecular weight excluding hydrogens is 302 g/mol. The van der Waals surface area contributed by atoms with E-state index in [4.69, 9.17) is 5.14 Å². The molecule has 3 nitrogen and oxygen atoms in total. The van der Waals surface area contributed by atoms with E-state index in [0.717, 1.165) is 18.4 Å². The second-order valence-electron chi connectivity index (χ2n) is 4.64. The van der Waals surface area contributed by atoms with E-state index < -0.39 is 19.6 Å². The summed E-state index contributed by atoms with van der Waals surface area (Å²) in [6, 6.07) is 9.67. The van der Waals surface area contributed by atoms with E-state index in [1.165, 1.54) is 0 Å². The summed E-state index contributed by atoms with van der Waals surface area (Å²) in [4.78, 5) is 0. The van der Waals surface area contributed by atoms with Gasteiger partial charge in [-0.2, -0.15) is 0 Å². The zero-order valence-electron chi connectivity index (χ0n) is 9.64. The number of halogens is 1. The Bertz CT molecular complexity index is 498. The highest BCUT2D eigenvalue weighted by Crippen LogP contribution is 2.54. The summed E-state index contributed by atoms with van der Waals surface area (Å²) in [5, 5.41) is 4.68. The molecule has 0 spiro atoms. The Morgan fingerprint density at radius 3 is 2.29 bits per heavy atom. The third kappa shape index (κ3) is 2.41. The Hall–Kier alpha value is -0.390. The van der Waals surface area contributed by atoms with Gasteiger partial charge in [-0.05, 0) is 31.2 Å². The molecule has 5 heteroatoms. The second kappa shape index (κ2) is 4.37. The molecule has 0 heterocycles. The molecule has 94 valence electrons. The average Bonchev–Trinajstić information content (AvgIpc) is 3.11. The number of alkyl halides is 1. The molecule has 2 atom stereocenters. The van der Waals surface area contributed by atoms with Gasteiger partial charge >= 0.3 is 0 Å². The Balaban J connectivity index is 2.47. The van der Waals surface area contributed by atoms with E-state index in [0.29, 0.717) is 5.92 Å². The molecule has 1 fully saturated rings. The summed E-state index contributed by atoms with van der Waals surface area (Å²) in [6.45, 7) is 1.68. The van der Waals surface area contributed by atoms with Crippen LogP contribution in [0.1, 0.15) is 25.3 Å². The molecule has 0 aliphatic heterocycles. The van der Waals surface area contributed by atoms with E-state index in [1.807, 2.05) is 30.3 Å². The highest BCUT2D eigenvalue weighted by Gasteiger charge is 2.51. The van der Waals surface area contributed by atoms with E-state index in [-0.39, 0.29) is 0 Å². The average molecular weight is 318 g/mol. The minimum atomic E-state index is -3.56. The van der Waals surface area contributed by atoms with Gasteiger partial charge in [0.25, 0.3) is 0 Å². The fourth-order valence-corrected chi connectivity index (χ4v) is 4.55. The van der Waals surface area contributed by atoms with Crippen molar-refractivity contribution in [1.82, 2.24) is 0 Å². The largest absolute Gasteiger partial charge is 0.228 e. The van der Waals surface area contributed by atoms with Gasteiger partial charge in [0.2, 0.25) is 10.0 Å². The van der Waals surface area contributed by atoms with Gasteiger partial charge in [-0.1, -0.05) is 46.3 Å². The number of hydrogen-bond acceptors (Lipinski definition) is 2. The van der Waals surface area contributed by atoms with Crippen LogP contribution in [0.5, 0.6) is 0 Å². The smallest absolute Gasteiger partial charge is 0.213 e. The van der Waals surface area contributed by atoms with E-state index in [1.54, 1.807) is 6.92 Å². The monoisotopic (exact) mass is 317 g/mol. The minimum Gasteiger partial charge on any atom is -0.228 e. The van der Waals surface area contributed by atoms with Crippen LogP contribution in [0.15, 0.2) is 30.3 Å². The van der Waals surface area contributed by atoms with Crippen molar-refractivity contribution < 1.29 is 8.42 Å². The molecule has 0 aromatic heterocycles. The maximum Gasteiger partial charge on any atom is 0.213 e. The highest BCUT2D eigenvalue weighted by molar-refractivity contribution is 9.09. The van der Waals surface area contributed by atoms with Crippen LogP contribution in [0.3, 0.4) is 0 Å². The minimum absolute atomic E-state index is 0.346. The van der Waals surface area contributed by atoms with Gasteiger partial charge in [-0.15, -0.1) is 0 Å². The normalized spacial score (nSPS) is 21.8. The third-order valence-corrected chi connectivity index (χ3v) is 6.92. The first kappa shape index (κ1) is 13.1. The molecule has 2 N–H and O–H groups in total. The van der Waals surface area contributed by atoms with Gasteiger partial charge in [0.15, 0.2) is 0 Å². The lowest BCUT2D eigenvalue weighted by Gasteiger charge is -2.33. The lowest BCUT2D eigenvalue weighted by molar-refractivity contribution is 0.509. The van der Waals surface area contributed by atoms with Crippen LogP contribution in [0.4, 0.5) is 0 Å². The molecule has 1 aromatic carbocycles. The van der Waals surface area contributed by atoms with Crippen molar-refractivity contribution in [2.75, 3.05) is 0 Å².